The highest BCUT2D eigenvalue weighted by Gasteiger charge is 2.38. The van der Waals surface area contributed by atoms with Crippen molar-refractivity contribution in [1.29, 1.82) is 0 Å². The first kappa shape index (κ1) is 15.6. The van der Waals surface area contributed by atoms with Gasteiger partial charge in [-0.05, 0) is 31.1 Å². The minimum atomic E-state index is 0.731. The number of piperidine rings is 1. The van der Waals surface area contributed by atoms with Gasteiger partial charge in [-0.3, -0.25) is 0 Å². The molecule has 2 saturated heterocycles. The maximum absolute atomic E-state index is 4.60. The van der Waals surface area contributed by atoms with Crippen molar-refractivity contribution in [3.05, 3.63) is 12.4 Å². The largest absolute Gasteiger partial charge is 0.302 e. The summed E-state index contributed by atoms with van der Waals surface area (Å²) in [7, 11) is 0. The van der Waals surface area contributed by atoms with Crippen LogP contribution in [0.3, 0.4) is 0 Å². The number of hydrogen-bond acceptors (Lipinski definition) is 5. The standard InChI is InChI=1S/C16H25N3S2/c1-2-3-4-5-10-20-15-16(18-8-7-17-15)21-14-12-19-9-6-13(14)11-19/h7-8,13-14H,2-6,9-12H2,1H3. The Kier molecular flexibility index (Phi) is 5.83. The maximum atomic E-state index is 4.60. The molecule has 0 spiro atoms. The normalized spacial score (nSPS) is 27.4. The molecular weight excluding hydrogens is 298 g/mol. The molecule has 0 N–H and O–H groups in total. The van der Waals surface area contributed by atoms with Crippen molar-refractivity contribution in [2.24, 2.45) is 5.92 Å². The summed E-state index contributed by atoms with van der Waals surface area (Å²) in [6, 6.07) is 0. The lowest BCUT2D eigenvalue weighted by molar-refractivity contribution is 0.372. The molecule has 21 heavy (non-hydrogen) atoms. The second kappa shape index (κ2) is 7.84. The SMILES string of the molecule is CCCCCCSc1nccnc1SC1CN2CCC1C2. The molecule has 0 saturated carbocycles. The third kappa shape index (κ3) is 4.14. The third-order valence-corrected chi connectivity index (χ3v) is 6.96. The van der Waals surface area contributed by atoms with E-state index in [-0.39, 0.29) is 0 Å². The Labute approximate surface area is 136 Å². The van der Waals surface area contributed by atoms with Gasteiger partial charge in [-0.1, -0.05) is 37.9 Å². The molecule has 0 aliphatic carbocycles. The Morgan fingerprint density at radius 1 is 1.14 bits per heavy atom. The summed E-state index contributed by atoms with van der Waals surface area (Å²) >= 11 is 3.87. The molecule has 3 nitrogen and oxygen atoms in total. The van der Waals surface area contributed by atoms with Gasteiger partial charge in [0, 0.05) is 30.7 Å². The van der Waals surface area contributed by atoms with Crippen molar-refractivity contribution >= 4 is 23.5 Å². The molecule has 3 heterocycles. The van der Waals surface area contributed by atoms with Crippen LogP contribution in [-0.2, 0) is 0 Å². The third-order valence-electron chi connectivity index (χ3n) is 4.41. The molecule has 2 aliphatic heterocycles. The second-order valence-electron chi connectivity index (χ2n) is 6.04. The number of nitrogens with zero attached hydrogens (tertiary/aromatic N) is 3. The van der Waals surface area contributed by atoms with Crippen molar-refractivity contribution in [2.75, 3.05) is 25.4 Å². The van der Waals surface area contributed by atoms with Crippen molar-refractivity contribution in [2.45, 2.75) is 54.3 Å². The van der Waals surface area contributed by atoms with Gasteiger partial charge in [-0.2, -0.15) is 0 Å². The predicted molar refractivity (Wildman–Crippen MR) is 91.1 cm³/mol. The fourth-order valence-electron chi connectivity index (χ4n) is 3.20. The molecular formula is C16H25N3S2. The Balaban J connectivity index is 1.52. The van der Waals surface area contributed by atoms with Gasteiger partial charge in [0.2, 0.25) is 0 Å². The smallest absolute Gasteiger partial charge is 0.129 e. The first-order valence-corrected chi connectivity index (χ1v) is 10.1. The monoisotopic (exact) mass is 323 g/mol. The zero-order valence-corrected chi connectivity index (χ0v) is 14.5. The van der Waals surface area contributed by atoms with Crippen LogP contribution in [0.1, 0.15) is 39.0 Å². The zero-order valence-electron chi connectivity index (χ0n) is 12.8. The van der Waals surface area contributed by atoms with Crippen molar-refractivity contribution in [3.8, 4) is 0 Å². The summed E-state index contributed by atoms with van der Waals surface area (Å²) in [5.74, 6) is 2.05. The maximum Gasteiger partial charge on any atom is 0.129 e. The van der Waals surface area contributed by atoms with Crippen LogP contribution in [0.4, 0.5) is 0 Å². The summed E-state index contributed by atoms with van der Waals surface area (Å²) in [4.78, 5) is 11.8. The number of rotatable bonds is 8. The van der Waals surface area contributed by atoms with E-state index in [1.54, 1.807) is 0 Å². The van der Waals surface area contributed by atoms with Gasteiger partial charge in [0.05, 0.1) is 0 Å². The second-order valence-corrected chi connectivity index (χ2v) is 8.35. The predicted octanol–water partition coefficient (Wildman–Crippen LogP) is 3.95. The highest BCUT2D eigenvalue weighted by molar-refractivity contribution is 8.02. The van der Waals surface area contributed by atoms with E-state index in [0.29, 0.717) is 0 Å². The summed E-state index contributed by atoms with van der Waals surface area (Å²) < 4.78 is 0. The van der Waals surface area contributed by atoms with Gasteiger partial charge < -0.3 is 4.90 Å². The quantitative estimate of drug-likeness (QED) is 0.534. The van der Waals surface area contributed by atoms with E-state index in [0.717, 1.165) is 21.2 Å². The molecule has 0 aromatic carbocycles. The summed E-state index contributed by atoms with van der Waals surface area (Å²) in [6.07, 6.45) is 10.3. The van der Waals surface area contributed by atoms with Crippen molar-refractivity contribution in [1.82, 2.24) is 14.9 Å². The fourth-order valence-corrected chi connectivity index (χ4v) is 5.64. The topological polar surface area (TPSA) is 29.0 Å². The first-order valence-electron chi connectivity index (χ1n) is 8.19. The molecule has 1 aromatic heterocycles. The number of unbranched alkanes of at least 4 members (excludes halogenated alkanes) is 3. The zero-order chi connectivity index (χ0) is 14.5. The van der Waals surface area contributed by atoms with Gasteiger partial charge in [-0.25, -0.2) is 9.97 Å². The van der Waals surface area contributed by atoms with Gasteiger partial charge in [-0.15, -0.1) is 11.8 Å². The number of hydrogen-bond donors (Lipinski definition) is 0. The summed E-state index contributed by atoms with van der Waals surface area (Å²) in [5.41, 5.74) is 0. The van der Waals surface area contributed by atoms with Crippen LogP contribution in [-0.4, -0.2) is 45.5 Å². The highest BCUT2D eigenvalue weighted by atomic mass is 32.2. The first-order chi connectivity index (χ1) is 10.4. The Hall–Kier alpha value is -0.260. The number of fused-ring (bicyclic) bond motifs is 2. The Morgan fingerprint density at radius 3 is 2.71 bits per heavy atom. The lowest BCUT2D eigenvalue weighted by atomic mass is 10.1. The Morgan fingerprint density at radius 2 is 2.00 bits per heavy atom. The van der Waals surface area contributed by atoms with Crippen LogP contribution in [0.25, 0.3) is 0 Å². The Bertz CT molecular complexity index is 455. The lowest BCUT2D eigenvalue weighted by Crippen LogP contribution is -2.25. The van der Waals surface area contributed by atoms with Crippen LogP contribution in [0.15, 0.2) is 22.4 Å². The van der Waals surface area contributed by atoms with Crippen LogP contribution in [0.2, 0.25) is 0 Å². The van der Waals surface area contributed by atoms with Crippen LogP contribution in [0, 0.1) is 5.92 Å². The molecule has 1 aromatic rings. The van der Waals surface area contributed by atoms with E-state index in [1.807, 2.05) is 35.9 Å². The van der Waals surface area contributed by atoms with E-state index in [9.17, 15) is 0 Å². The minimum Gasteiger partial charge on any atom is -0.302 e. The number of thioether (sulfide) groups is 2. The van der Waals surface area contributed by atoms with E-state index in [1.165, 1.54) is 57.5 Å². The molecule has 116 valence electrons. The molecule has 2 bridgehead atoms. The average Bonchev–Trinajstić information content (AvgIpc) is 3.11. The molecule has 0 radical (unpaired) electrons. The molecule has 2 fully saturated rings. The van der Waals surface area contributed by atoms with Crippen LogP contribution < -0.4 is 0 Å². The minimum absolute atomic E-state index is 0.731. The fraction of sp³-hybridized carbons (Fsp3) is 0.750. The van der Waals surface area contributed by atoms with Crippen molar-refractivity contribution < 1.29 is 0 Å². The molecule has 2 aliphatic rings. The molecule has 5 heteroatoms. The summed E-state index contributed by atoms with van der Waals surface area (Å²) in [5, 5.41) is 3.04. The molecule has 3 unspecified atom stereocenters. The van der Waals surface area contributed by atoms with E-state index in [2.05, 4.69) is 21.8 Å². The average molecular weight is 324 g/mol. The molecule has 3 atom stereocenters. The van der Waals surface area contributed by atoms with Gasteiger partial charge in [0.1, 0.15) is 10.1 Å². The van der Waals surface area contributed by atoms with Gasteiger partial charge in [0.25, 0.3) is 0 Å². The molecule has 0 amide bonds. The van der Waals surface area contributed by atoms with Gasteiger partial charge in [0.15, 0.2) is 0 Å². The van der Waals surface area contributed by atoms with E-state index < -0.39 is 0 Å². The number of aromatic nitrogens is 2. The van der Waals surface area contributed by atoms with Crippen LogP contribution in [0.5, 0.6) is 0 Å². The summed E-state index contributed by atoms with van der Waals surface area (Å²) in [6.45, 7) is 6.11. The molecule has 3 rings (SSSR count). The van der Waals surface area contributed by atoms with E-state index >= 15 is 0 Å². The van der Waals surface area contributed by atoms with E-state index in [4.69, 9.17) is 0 Å². The van der Waals surface area contributed by atoms with Crippen LogP contribution >= 0.6 is 23.5 Å². The lowest BCUT2D eigenvalue weighted by Gasteiger charge is -2.21. The van der Waals surface area contributed by atoms with Crippen molar-refractivity contribution in [3.63, 3.8) is 0 Å². The van der Waals surface area contributed by atoms with Gasteiger partial charge >= 0.3 is 0 Å². The highest BCUT2D eigenvalue weighted by Crippen LogP contribution is 2.40.